The molecule has 1 aromatic rings. The van der Waals surface area contributed by atoms with Gasteiger partial charge in [0, 0.05) is 4.88 Å². The van der Waals surface area contributed by atoms with Crippen molar-refractivity contribution in [1.82, 2.24) is 0 Å². The maximum absolute atomic E-state index is 11.4. The van der Waals surface area contributed by atoms with E-state index in [1.165, 1.54) is 11.3 Å². The number of hydrogen-bond acceptors (Lipinski definition) is 4. The van der Waals surface area contributed by atoms with Crippen LogP contribution in [0.2, 0.25) is 0 Å². The lowest BCUT2D eigenvalue weighted by atomic mass is 10.2. The number of nitrogen functional groups attached to an aromatic ring is 1. The SMILES string of the molecule is CCOC(=O)c1sc(C(C)C)cc1N. The molecule has 0 spiro atoms. The lowest BCUT2D eigenvalue weighted by Crippen LogP contribution is -2.04. The van der Waals surface area contributed by atoms with Crippen molar-refractivity contribution in [3.05, 3.63) is 15.8 Å². The number of carbonyl (C=O) groups excluding carboxylic acids is 1. The molecule has 2 N–H and O–H groups in total. The number of esters is 1. The van der Waals surface area contributed by atoms with Gasteiger partial charge in [-0.3, -0.25) is 0 Å². The van der Waals surface area contributed by atoms with E-state index in [0.29, 0.717) is 23.1 Å². The van der Waals surface area contributed by atoms with Crippen molar-refractivity contribution >= 4 is 23.0 Å². The van der Waals surface area contributed by atoms with Crippen molar-refractivity contribution in [2.45, 2.75) is 26.7 Å². The van der Waals surface area contributed by atoms with Gasteiger partial charge in [0.05, 0.1) is 12.3 Å². The van der Waals surface area contributed by atoms with Crippen molar-refractivity contribution in [3.63, 3.8) is 0 Å². The molecule has 0 radical (unpaired) electrons. The first-order chi connectivity index (χ1) is 6.56. The van der Waals surface area contributed by atoms with E-state index in [0.717, 1.165) is 4.88 Å². The van der Waals surface area contributed by atoms with E-state index < -0.39 is 0 Å². The minimum atomic E-state index is -0.318. The largest absolute Gasteiger partial charge is 0.462 e. The van der Waals surface area contributed by atoms with Gasteiger partial charge in [0.2, 0.25) is 0 Å². The van der Waals surface area contributed by atoms with Gasteiger partial charge in [0.25, 0.3) is 0 Å². The van der Waals surface area contributed by atoms with Crippen LogP contribution in [0.4, 0.5) is 5.69 Å². The Kier molecular flexibility index (Phi) is 3.52. The van der Waals surface area contributed by atoms with Crippen molar-refractivity contribution in [2.75, 3.05) is 12.3 Å². The first-order valence-corrected chi connectivity index (χ1v) is 5.44. The number of ether oxygens (including phenoxy) is 1. The van der Waals surface area contributed by atoms with Crippen LogP contribution in [0.25, 0.3) is 0 Å². The lowest BCUT2D eigenvalue weighted by Gasteiger charge is -1.99. The summed E-state index contributed by atoms with van der Waals surface area (Å²) in [7, 11) is 0. The summed E-state index contributed by atoms with van der Waals surface area (Å²) < 4.78 is 4.89. The average Bonchev–Trinajstić information content (AvgIpc) is 2.48. The van der Waals surface area contributed by atoms with E-state index in [2.05, 4.69) is 13.8 Å². The van der Waals surface area contributed by atoms with Gasteiger partial charge in [-0.05, 0) is 18.9 Å². The number of thiophene rings is 1. The van der Waals surface area contributed by atoms with Crippen LogP contribution in [0.3, 0.4) is 0 Å². The molecular formula is C10H15NO2S. The summed E-state index contributed by atoms with van der Waals surface area (Å²) in [6.07, 6.45) is 0. The van der Waals surface area contributed by atoms with Gasteiger partial charge in [-0.15, -0.1) is 11.3 Å². The Morgan fingerprint density at radius 2 is 2.29 bits per heavy atom. The number of carbonyl (C=O) groups is 1. The van der Waals surface area contributed by atoms with Crippen LogP contribution in [0, 0.1) is 0 Å². The number of rotatable bonds is 3. The Morgan fingerprint density at radius 3 is 2.71 bits per heavy atom. The van der Waals surface area contributed by atoms with E-state index in [4.69, 9.17) is 10.5 Å². The van der Waals surface area contributed by atoms with Crippen molar-refractivity contribution < 1.29 is 9.53 Å². The predicted octanol–water partition coefficient (Wildman–Crippen LogP) is 2.63. The molecule has 78 valence electrons. The fraction of sp³-hybridized carbons (Fsp3) is 0.500. The smallest absolute Gasteiger partial charge is 0.350 e. The van der Waals surface area contributed by atoms with Gasteiger partial charge < -0.3 is 10.5 Å². The van der Waals surface area contributed by atoms with E-state index in [9.17, 15) is 4.79 Å². The molecule has 3 nitrogen and oxygen atoms in total. The molecule has 4 heteroatoms. The summed E-state index contributed by atoms with van der Waals surface area (Å²) >= 11 is 1.42. The quantitative estimate of drug-likeness (QED) is 0.785. The number of hydrogen-bond donors (Lipinski definition) is 1. The monoisotopic (exact) mass is 213 g/mol. The molecule has 0 aromatic carbocycles. The maximum Gasteiger partial charge on any atom is 0.350 e. The summed E-state index contributed by atoms with van der Waals surface area (Å²) in [6, 6.07) is 1.85. The zero-order valence-electron chi connectivity index (χ0n) is 8.66. The Bertz CT molecular complexity index is 331. The van der Waals surface area contributed by atoms with Crippen LogP contribution in [-0.4, -0.2) is 12.6 Å². The summed E-state index contributed by atoms with van der Waals surface area (Å²) in [4.78, 5) is 13.0. The zero-order chi connectivity index (χ0) is 10.7. The van der Waals surface area contributed by atoms with Crippen LogP contribution in [0.1, 0.15) is 41.2 Å². The molecule has 0 aliphatic carbocycles. The third-order valence-corrected chi connectivity index (χ3v) is 3.24. The molecule has 0 fully saturated rings. The third kappa shape index (κ3) is 2.26. The van der Waals surface area contributed by atoms with Crippen LogP contribution >= 0.6 is 11.3 Å². The molecule has 1 heterocycles. The minimum absolute atomic E-state index is 0.318. The second-order valence-corrected chi connectivity index (χ2v) is 4.39. The minimum Gasteiger partial charge on any atom is -0.462 e. The maximum atomic E-state index is 11.4. The van der Waals surface area contributed by atoms with Crippen molar-refractivity contribution in [3.8, 4) is 0 Å². The average molecular weight is 213 g/mol. The standard InChI is InChI=1S/C10H15NO2S/c1-4-13-10(12)9-7(11)5-8(14-9)6(2)3/h5-6H,4,11H2,1-3H3. The van der Waals surface area contributed by atoms with Gasteiger partial charge in [0.1, 0.15) is 4.88 Å². The Labute approximate surface area is 87.9 Å². The van der Waals surface area contributed by atoms with Gasteiger partial charge in [-0.1, -0.05) is 13.8 Å². The Hall–Kier alpha value is -1.03. The lowest BCUT2D eigenvalue weighted by molar-refractivity contribution is 0.0533. The van der Waals surface area contributed by atoms with Crippen LogP contribution in [-0.2, 0) is 4.74 Å². The predicted molar refractivity (Wildman–Crippen MR) is 58.8 cm³/mol. The molecule has 1 rings (SSSR count). The molecule has 0 aliphatic heterocycles. The van der Waals surface area contributed by atoms with Crippen molar-refractivity contribution in [2.24, 2.45) is 0 Å². The zero-order valence-corrected chi connectivity index (χ0v) is 9.48. The summed E-state index contributed by atoms with van der Waals surface area (Å²) in [6.45, 7) is 6.30. The first-order valence-electron chi connectivity index (χ1n) is 4.62. The molecular weight excluding hydrogens is 198 g/mol. The highest BCUT2D eigenvalue weighted by atomic mass is 32.1. The fourth-order valence-corrected chi connectivity index (χ4v) is 2.04. The second kappa shape index (κ2) is 4.46. The van der Waals surface area contributed by atoms with E-state index in [1.807, 2.05) is 6.07 Å². The number of nitrogens with two attached hydrogens (primary N) is 1. The van der Waals surface area contributed by atoms with Crippen molar-refractivity contribution in [1.29, 1.82) is 0 Å². The van der Waals surface area contributed by atoms with Gasteiger partial charge in [-0.2, -0.15) is 0 Å². The summed E-state index contributed by atoms with van der Waals surface area (Å²) in [5.74, 6) is 0.0763. The summed E-state index contributed by atoms with van der Waals surface area (Å²) in [5.41, 5.74) is 6.25. The number of anilines is 1. The molecule has 0 aliphatic rings. The Morgan fingerprint density at radius 1 is 1.64 bits per heavy atom. The first kappa shape index (κ1) is 11.0. The fourth-order valence-electron chi connectivity index (χ4n) is 1.07. The molecule has 14 heavy (non-hydrogen) atoms. The molecule has 0 atom stereocenters. The Balaban J connectivity index is 2.92. The molecule has 0 unspecified atom stereocenters. The third-order valence-electron chi connectivity index (χ3n) is 1.81. The molecule has 0 saturated heterocycles. The summed E-state index contributed by atoms with van der Waals surface area (Å²) in [5, 5.41) is 0. The highest BCUT2D eigenvalue weighted by Crippen LogP contribution is 2.30. The molecule has 0 bridgehead atoms. The highest BCUT2D eigenvalue weighted by molar-refractivity contribution is 7.14. The van der Waals surface area contributed by atoms with Crippen LogP contribution < -0.4 is 5.73 Å². The van der Waals surface area contributed by atoms with Crippen LogP contribution in [0.5, 0.6) is 0 Å². The second-order valence-electron chi connectivity index (χ2n) is 3.31. The van der Waals surface area contributed by atoms with E-state index in [1.54, 1.807) is 6.92 Å². The van der Waals surface area contributed by atoms with Gasteiger partial charge in [-0.25, -0.2) is 4.79 Å². The topological polar surface area (TPSA) is 52.3 Å². The highest BCUT2D eigenvalue weighted by Gasteiger charge is 2.16. The molecule has 1 aromatic heterocycles. The van der Waals surface area contributed by atoms with Crippen LogP contribution in [0.15, 0.2) is 6.07 Å². The normalized spacial score (nSPS) is 10.6. The molecule has 0 saturated carbocycles. The van der Waals surface area contributed by atoms with Gasteiger partial charge in [0.15, 0.2) is 0 Å². The van der Waals surface area contributed by atoms with E-state index >= 15 is 0 Å². The molecule has 0 amide bonds. The van der Waals surface area contributed by atoms with Gasteiger partial charge >= 0.3 is 5.97 Å². The van der Waals surface area contributed by atoms with E-state index in [-0.39, 0.29) is 5.97 Å².